The maximum Gasteiger partial charge on any atom is 0.273 e. The number of carbonyl (C=O) groups is 2. The van der Waals surface area contributed by atoms with Crippen LogP contribution in [-0.4, -0.2) is 51.9 Å². The molecule has 2 amide bonds. The Labute approximate surface area is 205 Å². The quantitative estimate of drug-likeness (QED) is 0.386. The Bertz CT molecular complexity index is 1120. The fourth-order valence-electron chi connectivity index (χ4n) is 4.19. The molecule has 0 aliphatic heterocycles. The van der Waals surface area contributed by atoms with Crippen LogP contribution in [0.3, 0.4) is 0 Å². The molecule has 2 aromatic rings. The van der Waals surface area contributed by atoms with Crippen LogP contribution >= 0.6 is 0 Å². The van der Waals surface area contributed by atoms with E-state index in [1.165, 1.54) is 16.8 Å². The lowest BCUT2D eigenvalue weighted by Gasteiger charge is -2.32. The molecule has 5 N–H and O–H groups in total. The van der Waals surface area contributed by atoms with Crippen molar-refractivity contribution in [3.63, 3.8) is 0 Å². The highest BCUT2D eigenvalue weighted by molar-refractivity contribution is 6.06. The maximum absolute atomic E-state index is 14.7. The Kier molecular flexibility index (Phi) is 8.80. The zero-order chi connectivity index (χ0) is 25.6. The summed E-state index contributed by atoms with van der Waals surface area (Å²) >= 11 is 0. The largest absolute Gasteiger partial charge is 0.394 e. The number of hydrogen-bond donors (Lipinski definition) is 4. The average molecular weight is 486 g/mol. The summed E-state index contributed by atoms with van der Waals surface area (Å²) in [6, 6.07) is 3.03. The Morgan fingerprint density at radius 1 is 1.23 bits per heavy atom. The second kappa shape index (κ2) is 11.6. The third-order valence-electron chi connectivity index (χ3n) is 6.09. The number of benzene rings is 1. The summed E-state index contributed by atoms with van der Waals surface area (Å²) in [6.07, 6.45) is 9.10. The zero-order valence-electron chi connectivity index (χ0n) is 20.7. The van der Waals surface area contributed by atoms with E-state index in [4.69, 9.17) is 5.73 Å². The molecular weight excluding hydrogens is 449 g/mol. The molecular formula is C26H36FN5O3. The van der Waals surface area contributed by atoms with E-state index in [2.05, 4.69) is 15.7 Å². The van der Waals surface area contributed by atoms with Gasteiger partial charge >= 0.3 is 0 Å². The number of halogens is 1. The van der Waals surface area contributed by atoms with Gasteiger partial charge < -0.3 is 21.5 Å². The van der Waals surface area contributed by atoms with Crippen LogP contribution in [-0.2, 0) is 11.3 Å². The van der Waals surface area contributed by atoms with Gasteiger partial charge in [0.15, 0.2) is 5.69 Å². The minimum atomic E-state index is -0.914. The number of para-hydroxylation sites is 1. The third kappa shape index (κ3) is 6.35. The minimum Gasteiger partial charge on any atom is -0.394 e. The van der Waals surface area contributed by atoms with Gasteiger partial charge in [0.2, 0.25) is 5.91 Å². The smallest absolute Gasteiger partial charge is 0.273 e. The number of allylic oxidation sites excluding steroid dienone is 2. The number of aromatic nitrogens is 2. The van der Waals surface area contributed by atoms with Crippen LogP contribution < -0.4 is 16.4 Å². The van der Waals surface area contributed by atoms with Gasteiger partial charge in [-0.15, -0.1) is 0 Å². The molecule has 1 aromatic heterocycles. The van der Waals surface area contributed by atoms with E-state index in [0.717, 1.165) is 24.8 Å². The highest BCUT2D eigenvalue weighted by Crippen LogP contribution is 2.25. The molecule has 0 saturated carbocycles. The van der Waals surface area contributed by atoms with Crippen molar-refractivity contribution in [2.45, 2.75) is 65.1 Å². The number of aliphatic hydroxyl groups is 1. The van der Waals surface area contributed by atoms with Crippen molar-refractivity contribution in [2.75, 3.05) is 13.2 Å². The van der Waals surface area contributed by atoms with Crippen molar-refractivity contribution in [1.82, 2.24) is 20.4 Å². The minimum absolute atomic E-state index is 0.0610. The number of nitrogens with two attached hydrogens (primary N) is 1. The number of amides is 2. The standard InChI is InChI=1S/C26H36FN5O3/c1-26(2,3)23(25(35)29-20(16-33)17-10-5-4-6-11-17)30-24(34)21-18-12-9-13-19(27)22(18)32(31-21)15-8-7-14-28/h5,9-13,20,23,33H,4,6-8,14-16,28H2,1-3H3,(H,29,35)(H,30,34)/t20-,23?/m1/s1. The van der Waals surface area contributed by atoms with Crippen molar-refractivity contribution in [1.29, 1.82) is 0 Å². The molecule has 0 fully saturated rings. The molecule has 0 saturated heterocycles. The Morgan fingerprint density at radius 3 is 2.63 bits per heavy atom. The number of nitrogens with one attached hydrogen (secondary N) is 2. The monoisotopic (exact) mass is 485 g/mol. The summed E-state index contributed by atoms with van der Waals surface area (Å²) in [5, 5.41) is 20.3. The molecule has 9 heteroatoms. The van der Waals surface area contributed by atoms with Crippen LogP contribution in [0.5, 0.6) is 0 Å². The molecule has 1 heterocycles. The summed E-state index contributed by atoms with van der Waals surface area (Å²) in [6.45, 7) is 6.20. The van der Waals surface area contributed by atoms with E-state index >= 15 is 0 Å². The first-order valence-corrected chi connectivity index (χ1v) is 12.1. The molecule has 0 spiro atoms. The van der Waals surface area contributed by atoms with E-state index in [1.54, 1.807) is 6.07 Å². The van der Waals surface area contributed by atoms with Crippen LogP contribution in [0.2, 0.25) is 0 Å². The molecule has 8 nitrogen and oxygen atoms in total. The maximum atomic E-state index is 14.7. The lowest BCUT2D eigenvalue weighted by atomic mass is 9.85. The summed E-state index contributed by atoms with van der Waals surface area (Å²) < 4.78 is 16.1. The highest BCUT2D eigenvalue weighted by atomic mass is 19.1. The van der Waals surface area contributed by atoms with Gasteiger partial charge in [-0.1, -0.05) is 51.1 Å². The third-order valence-corrected chi connectivity index (χ3v) is 6.09. The van der Waals surface area contributed by atoms with Crippen LogP contribution in [0, 0.1) is 11.2 Å². The summed E-state index contributed by atoms with van der Waals surface area (Å²) in [5.74, 6) is -1.44. The number of aliphatic hydroxyl groups excluding tert-OH is 1. The van der Waals surface area contributed by atoms with Gasteiger partial charge in [0, 0.05) is 11.9 Å². The number of carbonyl (C=O) groups excluding carboxylic acids is 2. The van der Waals surface area contributed by atoms with Crippen molar-refractivity contribution in [2.24, 2.45) is 11.1 Å². The van der Waals surface area contributed by atoms with Gasteiger partial charge in [0.1, 0.15) is 17.4 Å². The van der Waals surface area contributed by atoms with E-state index < -0.39 is 35.1 Å². The van der Waals surface area contributed by atoms with Gasteiger partial charge in [0.05, 0.1) is 12.6 Å². The Hall–Kier alpha value is -3.04. The van der Waals surface area contributed by atoms with Gasteiger partial charge in [-0.2, -0.15) is 5.10 Å². The van der Waals surface area contributed by atoms with Gasteiger partial charge in [-0.25, -0.2) is 4.39 Å². The molecule has 1 aromatic carbocycles. The first-order valence-electron chi connectivity index (χ1n) is 12.1. The number of unbranched alkanes of at least 4 members (excludes halogenated alkanes) is 1. The van der Waals surface area contributed by atoms with Crippen molar-refractivity contribution in [3.8, 4) is 0 Å². The van der Waals surface area contributed by atoms with E-state index in [0.29, 0.717) is 24.9 Å². The molecule has 190 valence electrons. The van der Waals surface area contributed by atoms with Crippen LogP contribution in [0.25, 0.3) is 10.9 Å². The summed E-state index contributed by atoms with van der Waals surface area (Å²) in [5.41, 5.74) is 6.09. The number of nitrogens with zero attached hydrogens (tertiary/aromatic N) is 2. The molecule has 2 atom stereocenters. The van der Waals surface area contributed by atoms with E-state index in [1.807, 2.05) is 39.0 Å². The van der Waals surface area contributed by atoms with Gasteiger partial charge in [0.25, 0.3) is 5.91 Å². The van der Waals surface area contributed by atoms with Crippen LogP contribution in [0.1, 0.15) is 56.9 Å². The molecule has 1 aliphatic rings. The molecule has 0 bridgehead atoms. The predicted octanol–water partition coefficient (Wildman–Crippen LogP) is 2.81. The fraction of sp³-hybridized carbons (Fsp3) is 0.500. The predicted molar refractivity (Wildman–Crippen MR) is 134 cm³/mol. The highest BCUT2D eigenvalue weighted by Gasteiger charge is 2.35. The Balaban J connectivity index is 1.86. The SMILES string of the molecule is CC(C)(C)C(NC(=O)c1nn(CCCCN)c2c(F)cccc12)C(=O)N[C@H](CO)C1=CCCC=C1. The normalized spacial score (nSPS) is 15.5. The van der Waals surface area contributed by atoms with Crippen LogP contribution in [0.15, 0.2) is 42.0 Å². The number of rotatable bonds is 10. The van der Waals surface area contributed by atoms with Crippen molar-refractivity contribution in [3.05, 3.63) is 53.5 Å². The average Bonchev–Trinajstić information content (AvgIpc) is 3.20. The summed E-state index contributed by atoms with van der Waals surface area (Å²) in [7, 11) is 0. The Morgan fingerprint density at radius 2 is 2.00 bits per heavy atom. The van der Waals surface area contributed by atoms with Gasteiger partial charge in [-0.3, -0.25) is 14.3 Å². The lowest BCUT2D eigenvalue weighted by Crippen LogP contribution is -2.56. The molecule has 0 radical (unpaired) electrons. The van der Waals surface area contributed by atoms with Crippen molar-refractivity contribution >= 4 is 22.7 Å². The molecule has 35 heavy (non-hydrogen) atoms. The van der Waals surface area contributed by atoms with Crippen molar-refractivity contribution < 1.29 is 19.1 Å². The second-order valence-electron chi connectivity index (χ2n) is 9.90. The first kappa shape index (κ1) is 26.6. The van der Waals surface area contributed by atoms with E-state index in [-0.39, 0.29) is 17.8 Å². The molecule has 1 aliphatic carbocycles. The first-order chi connectivity index (χ1) is 16.7. The van der Waals surface area contributed by atoms with E-state index in [9.17, 15) is 19.1 Å². The van der Waals surface area contributed by atoms with Crippen LogP contribution in [0.4, 0.5) is 4.39 Å². The zero-order valence-corrected chi connectivity index (χ0v) is 20.7. The van der Waals surface area contributed by atoms with Gasteiger partial charge in [-0.05, 0) is 49.3 Å². The lowest BCUT2D eigenvalue weighted by molar-refractivity contribution is -0.126. The number of aryl methyl sites for hydroxylation is 1. The summed E-state index contributed by atoms with van der Waals surface area (Å²) in [4.78, 5) is 26.6. The number of hydrogen-bond acceptors (Lipinski definition) is 5. The fourth-order valence-corrected chi connectivity index (χ4v) is 4.19. The second-order valence-corrected chi connectivity index (χ2v) is 9.90. The molecule has 1 unspecified atom stereocenters. The number of fused-ring (bicyclic) bond motifs is 1. The molecule has 3 rings (SSSR count). The topological polar surface area (TPSA) is 122 Å².